The summed E-state index contributed by atoms with van der Waals surface area (Å²) in [6, 6.07) is 0. The Morgan fingerprint density at radius 3 is 1.62 bits per heavy atom. The third-order valence-corrected chi connectivity index (χ3v) is 1.55. The molecule has 0 rings (SSSR count). The van der Waals surface area contributed by atoms with E-state index in [1.807, 2.05) is 6.92 Å². The van der Waals surface area contributed by atoms with E-state index in [2.05, 4.69) is 20.0 Å². The first-order valence-corrected chi connectivity index (χ1v) is 5.57. The highest BCUT2D eigenvalue weighted by atomic mass is 31.2. The van der Waals surface area contributed by atoms with Crippen LogP contribution in [0, 0.1) is 0 Å². The van der Waals surface area contributed by atoms with E-state index in [9.17, 15) is 0 Å². The summed E-state index contributed by atoms with van der Waals surface area (Å²) in [5.74, 6) is 0. The molecular weight excluding hydrogens is 123 g/mol. The summed E-state index contributed by atoms with van der Waals surface area (Å²) in [6.45, 7) is 9.38. The van der Waals surface area contributed by atoms with E-state index >= 15 is 0 Å². The largest absolute Gasteiger partial charge is 0.870 e. The first-order valence-electron chi connectivity index (χ1n) is 2.52. The van der Waals surface area contributed by atoms with Crippen LogP contribution in [0.15, 0.2) is 0 Å². The topological polar surface area (TPSA) is 39.2 Å². The van der Waals surface area contributed by atoms with Crippen LogP contribution in [0.2, 0.25) is 0 Å². The molecule has 52 valence electrons. The van der Waals surface area contributed by atoms with Gasteiger partial charge in [-0.3, -0.25) is 0 Å². The van der Waals surface area contributed by atoms with E-state index in [1.165, 1.54) is 0 Å². The molecule has 0 heterocycles. The number of hydrogen-bond donors (Lipinski definition) is 0. The maximum Gasteiger partial charge on any atom is 0.136 e. The van der Waals surface area contributed by atoms with Gasteiger partial charge >= 0.3 is 0 Å². The van der Waals surface area contributed by atoms with E-state index in [0.717, 1.165) is 6.61 Å². The average Bonchev–Trinajstić information content (AvgIpc) is 1.30. The SMILES string of the molecule is CCO[P+](C)(C)C.[OH-]. The fourth-order valence-electron chi connectivity index (χ4n) is 0.387. The fourth-order valence-corrected chi connectivity index (χ4v) is 1.16. The monoisotopic (exact) mass is 138 g/mol. The second kappa shape index (κ2) is 4.25. The van der Waals surface area contributed by atoms with Gasteiger partial charge in [-0.15, -0.1) is 0 Å². The third kappa shape index (κ3) is 9.61. The Labute approximate surface area is 52.0 Å². The zero-order valence-electron chi connectivity index (χ0n) is 6.01. The molecule has 1 N–H and O–H groups in total. The molecule has 0 atom stereocenters. The molecule has 0 saturated heterocycles. The Bertz CT molecular complexity index is 48.9. The van der Waals surface area contributed by atoms with Gasteiger partial charge in [-0.25, -0.2) is 4.52 Å². The first-order chi connectivity index (χ1) is 3.06. The molecule has 0 spiro atoms. The zero-order valence-corrected chi connectivity index (χ0v) is 6.90. The maximum atomic E-state index is 5.34. The van der Waals surface area contributed by atoms with Crippen molar-refractivity contribution in [2.75, 3.05) is 26.6 Å². The summed E-state index contributed by atoms with van der Waals surface area (Å²) in [4.78, 5) is 0. The van der Waals surface area contributed by atoms with Crippen LogP contribution in [0.5, 0.6) is 0 Å². The minimum atomic E-state index is -0.916. The molecule has 8 heavy (non-hydrogen) atoms. The minimum absolute atomic E-state index is 0. The van der Waals surface area contributed by atoms with Crippen molar-refractivity contribution >= 4 is 7.49 Å². The Balaban J connectivity index is 0. The second-order valence-electron chi connectivity index (χ2n) is 2.31. The van der Waals surface area contributed by atoms with Gasteiger partial charge in [0, 0.05) is 0 Å². The number of hydrogen-bond acceptors (Lipinski definition) is 2. The van der Waals surface area contributed by atoms with E-state index in [4.69, 9.17) is 4.52 Å². The lowest BCUT2D eigenvalue weighted by molar-refractivity contribution is 0.373. The predicted molar refractivity (Wildman–Crippen MR) is 38.3 cm³/mol. The fraction of sp³-hybridized carbons (Fsp3) is 1.00. The lowest BCUT2D eigenvalue weighted by Crippen LogP contribution is -1.90. The lowest BCUT2D eigenvalue weighted by Gasteiger charge is -2.07. The summed E-state index contributed by atoms with van der Waals surface area (Å²) < 4.78 is 5.34. The second-order valence-corrected chi connectivity index (χ2v) is 6.34. The molecule has 0 fully saturated rings. The Morgan fingerprint density at radius 2 is 1.62 bits per heavy atom. The highest BCUT2D eigenvalue weighted by molar-refractivity contribution is 7.69. The molecule has 2 nitrogen and oxygen atoms in total. The van der Waals surface area contributed by atoms with E-state index < -0.39 is 7.49 Å². The molecule has 0 radical (unpaired) electrons. The molecule has 0 aromatic rings. The molecule has 0 amide bonds. The smallest absolute Gasteiger partial charge is 0.136 e. The normalized spacial score (nSPS) is 10.5. The third-order valence-electron chi connectivity index (χ3n) is 0.516. The van der Waals surface area contributed by atoms with Crippen molar-refractivity contribution in [3.05, 3.63) is 0 Å². The Kier molecular flexibility index (Phi) is 5.94. The van der Waals surface area contributed by atoms with Gasteiger partial charge in [0.1, 0.15) is 7.49 Å². The molecule has 0 bridgehead atoms. The molecular formula is C5H15O2P. The van der Waals surface area contributed by atoms with Crippen LogP contribution in [-0.4, -0.2) is 32.1 Å². The zero-order chi connectivity index (χ0) is 5.91. The molecule has 0 unspecified atom stereocenters. The summed E-state index contributed by atoms with van der Waals surface area (Å²) in [7, 11) is -0.916. The van der Waals surface area contributed by atoms with Gasteiger partial charge < -0.3 is 5.48 Å². The summed E-state index contributed by atoms with van der Waals surface area (Å²) in [6.07, 6.45) is 0. The van der Waals surface area contributed by atoms with Crippen LogP contribution in [0.25, 0.3) is 0 Å². The van der Waals surface area contributed by atoms with Crippen molar-refractivity contribution in [3.63, 3.8) is 0 Å². The van der Waals surface area contributed by atoms with Crippen LogP contribution in [0.1, 0.15) is 6.92 Å². The van der Waals surface area contributed by atoms with Crippen molar-refractivity contribution in [3.8, 4) is 0 Å². The van der Waals surface area contributed by atoms with Crippen molar-refractivity contribution in [1.29, 1.82) is 0 Å². The van der Waals surface area contributed by atoms with Crippen molar-refractivity contribution in [2.24, 2.45) is 0 Å². The van der Waals surface area contributed by atoms with Crippen LogP contribution in [0.3, 0.4) is 0 Å². The van der Waals surface area contributed by atoms with Crippen LogP contribution >= 0.6 is 7.49 Å². The summed E-state index contributed by atoms with van der Waals surface area (Å²) in [5, 5.41) is 0. The minimum Gasteiger partial charge on any atom is -0.870 e. The van der Waals surface area contributed by atoms with Gasteiger partial charge in [-0.1, -0.05) is 0 Å². The average molecular weight is 138 g/mol. The Morgan fingerprint density at radius 1 is 1.25 bits per heavy atom. The molecule has 0 aliphatic carbocycles. The van der Waals surface area contributed by atoms with E-state index in [-0.39, 0.29) is 5.48 Å². The van der Waals surface area contributed by atoms with Gasteiger partial charge in [0.2, 0.25) is 0 Å². The van der Waals surface area contributed by atoms with Gasteiger partial charge in [0.15, 0.2) is 0 Å². The van der Waals surface area contributed by atoms with Crippen LogP contribution < -0.4 is 0 Å². The van der Waals surface area contributed by atoms with Gasteiger partial charge in [0.25, 0.3) is 0 Å². The lowest BCUT2D eigenvalue weighted by atomic mass is 10.9. The summed E-state index contributed by atoms with van der Waals surface area (Å²) >= 11 is 0. The Hall–Kier alpha value is 0.350. The standard InChI is InChI=1S/C5H14OP.H2O/c1-5-6-7(2,3)4;/h5H2,1-4H3;1H2/q+1;/p-1. The highest BCUT2D eigenvalue weighted by Gasteiger charge is 2.15. The molecule has 0 aromatic carbocycles. The molecule has 3 heteroatoms. The van der Waals surface area contributed by atoms with E-state index in [0.29, 0.717) is 0 Å². The quantitative estimate of drug-likeness (QED) is 0.544. The molecule has 0 aromatic heterocycles. The number of rotatable bonds is 2. The van der Waals surface area contributed by atoms with Crippen LogP contribution in [0.4, 0.5) is 0 Å². The van der Waals surface area contributed by atoms with Gasteiger partial charge in [-0.05, 0) is 6.92 Å². The van der Waals surface area contributed by atoms with E-state index in [1.54, 1.807) is 0 Å². The predicted octanol–water partition coefficient (Wildman–Crippen LogP) is 1.67. The van der Waals surface area contributed by atoms with Crippen molar-refractivity contribution in [1.82, 2.24) is 0 Å². The van der Waals surface area contributed by atoms with Crippen molar-refractivity contribution < 1.29 is 10.00 Å². The molecule has 0 saturated carbocycles. The van der Waals surface area contributed by atoms with Crippen LogP contribution in [-0.2, 0) is 4.52 Å². The van der Waals surface area contributed by atoms with Gasteiger partial charge in [0.05, 0.1) is 26.6 Å². The molecule has 0 aliphatic heterocycles. The van der Waals surface area contributed by atoms with Gasteiger partial charge in [-0.2, -0.15) is 0 Å². The highest BCUT2D eigenvalue weighted by Crippen LogP contribution is 2.47. The maximum absolute atomic E-state index is 5.34. The summed E-state index contributed by atoms with van der Waals surface area (Å²) in [5.41, 5.74) is 0. The molecule has 0 aliphatic rings. The first kappa shape index (κ1) is 11.2. The van der Waals surface area contributed by atoms with Crippen molar-refractivity contribution in [2.45, 2.75) is 6.92 Å².